The normalized spacial score (nSPS) is 13.8. The Hall–Kier alpha value is -0.120. The standard InChI is InChI=1S/C9H21NO2/c1-3-4-5-6-7-10(12)8-9(2)11/h9,11-12H,3-8H2,1-2H3. The number of aliphatic hydroxyl groups excluding tert-OH is 1. The van der Waals surface area contributed by atoms with Crippen molar-refractivity contribution in [1.29, 1.82) is 0 Å². The summed E-state index contributed by atoms with van der Waals surface area (Å²) in [4.78, 5) is 0. The lowest BCUT2D eigenvalue weighted by molar-refractivity contribution is -0.111. The highest BCUT2D eigenvalue weighted by atomic mass is 16.5. The van der Waals surface area contributed by atoms with Gasteiger partial charge in [0.25, 0.3) is 0 Å². The van der Waals surface area contributed by atoms with Crippen LogP contribution in [0.15, 0.2) is 0 Å². The highest BCUT2D eigenvalue weighted by Gasteiger charge is 2.03. The molecule has 3 nitrogen and oxygen atoms in total. The Morgan fingerprint density at radius 3 is 2.42 bits per heavy atom. The molecule has 0 aliphatic rings. The molecule has 0 spiro atoms. The lowest BCUT2D eigenvalue weighted by Gasteiger charge is -2.15. The Morgan fingerprint density at radius 2 is 1.92 bits per heavy atom. The average Bonchev–Trinajstić information content (AvgIpc) is 1.97. The van der Waals surface area contributed by atoms with Gasteiger partial charge in [0.1, 0.15) is 0 Å². The van der Waals surface area contributed by atoms with Crippen molar-refractivity contribution in [2.24, 2.45) is 0 Å². The van der Waals surface area contributed by atoms with Gasteiger partial charge in [-0.25, -0.2) is 0 Å². The van der Waals surface area contributed by atoms with Gasteiger partial charge >= 0.3 is 0 Å². The maximum atomic E-state index is 9.19. The predicted molar refractivity (Wildman–Crippen MR) is 49.2 cm³/mol. The minimum absolute atomic E-state index is 0.353. The molecule has 0 rings (SSSR count). The second-order valence-electron chi connectivity index (χ2n) is 3.32. The van der Waals surface area contributed by atoms with E-state index in [1.807, 2.05) is 0 Å². The van der Waals surface area contributed by atoms with Crippen molar-refractivity contribution in [2.45, 2.75) is 45.6 Å². The summed E-state index contributed by atoms with van der Waals surface area (Å²) in [5, 5.41) is 19.3. The molecular formula is C9H21NO2. The van der Waals surface area contributed by atoms with E-state index >= 15 is 0 Å². The molecule has 0 saturated heterocycles. The lowest BCUT2D eigenvalue weighted by Crippen LogP contribution is -2.28. The van der Waals surface area contributed by atoms with Crippen LogP contribution in [0.2, 0.25) is 0 Å². The first-order valence-electron chi connectivity index (χ1n) is 4.78. The van der Waals surface area contributed by atoms with Crippen molar-refractivity contribution in [3.05, 3.63) is 0 Å². The molecule has 3 heteroatoms. The van der Waals surface area contributed by atoms with Crippen LogP contribution in [0.1, 0.15) is 39.5 Å². The molecule has 0 bridgehead atoms. The van der Waals surface area contributed by atoms with Crippen molar-refractivity contribution < 1.29 is 10.3 Å². The summed E-state index contributed by atoms with van der Waals surface area (Å²) in [5.74, 6) is 0. The van der Waals surface area contributed by atoms with Crippen molar-refractivity contribution in [3.8, 4) is 0 Å². The second kappa shape index (κ2) is 7.53. The third kappa shape index (κ3) is 7.98. The SMILES string of the molecule is CCCCCCN(O)CC(C)O. The van der Waals surface area contributed by atoms with Gasteiger partial charge in [0.05, 0.1) is 6.10 Å². The third-order valence-corrected chi connectivity index (χ3v) is 1.74. The average molecular weight is 175 g/mol. The van der Waals surface area contributed by atoms with Crippen LogP contribution in [-0.2, 0) is 0 Å². The summed E-state index contributed by atoms with van der Waals surface area (Å²) in [6.07, 6.45) is 4.16. The topological polar surface area (TPSA) is 43.7 Å². The van der Waals surface area contributed by atoms with Crippen LogP contribution in [0.5, 0.6) is 0 Å². The molecule has 0 amide bonds. The van der Waals surface area contributed by atoms with E-state index in [2.05, 4.69) is 6.92 Å². The molecule has 0 aliphatic heterocycles. The maximum Gasteiger partial charge on any atom is 0.0662 e. The molecule has 0 aliphatic carbocycles. The van der Waals surface area contributed by atoms with Crippen LogP contribution in [0.4, 0.5) is 0 Å². The molecule has 74 valence electrons. The number of hydrogen-bond acceptors (Lipinski definition) is 3. The zero-order valence-electron chi connectivity index (χ0n) is 8.16. The van der Waals surface area contributed by atoms with E-state index in [9.17, 15) is 5.21 Å². The first kappa shape index (κ1) is 11.9. The third-order valence-electron chi connectivity index (χ3n) is 1.74. The second-order valence-corrected chi connectivity index (χ2v) is 3.32. The zero-order valence-corrected chi connectivity index (χ0v) is 8.16. The summed E-state index contributed by atoms with van der Waals surface area (Å²) in [6, 6.07) is 0. The first-order chi connectivity index (χ1) is 5.66. The van der Waals surface area contributed by atoms with Crippen molar-refractivity contribution in [2.75, 3.05) is 13.1 Å². The van der Waals surface area contributed by atoms with E-state index in [1.165, 1.54) is 17.9 Å². The zero-order chi connectivity index (χ0) is 9.40. The van der Waals surface area contributed by atoms with Crippen LogP contribution >= 0.6 is 0 Å². The van der Waals surface area contributed by atoms with Gasteiger partial charge in [-0.1, -0.05) is 26.2 Å². The Labute approximate surface area is 75.0 Å². The van der Waals surface area contributed by atoms with E-state index in [4.69, 9.17) is 5.11 Å². The summed E-state index contributed by atoms with van der Waals surface area (Å²) in [5.41, 5.74) is 0. The maximum absolute atomic E-state index is 9.19. The van der Waals surface area contributed by atoms with E-state index in [1.54, 1.807) is 6.92 Å². The van der Waals surface area contributed by atoms with Crippen molar-refractivity contribution >= 4 is 0 Å². The van der Waals surface area contributed by atoms with Gasteiger partial charge in [-0.3, -0.25) is 0 Å². The number of aliphatic hydroxyl groups is 1. The molecule has 0 saturated carbocycles. The molecule has 1 atom stereocenters. The van der Waals surface area contributed by atoms with Gasteiger partial charge in [-0.15, -0.1) is 0 Å². The van der Waals surface area contributed by atoms with Crippen LogP contribution in [0, 0.1) is 0 Å². The summed E-state index contributed by atoms with van der Waals surface area (Å²) in [7, 11) is 0. The number of hydroxylamine groups is 2. The van der Waals surface area contributed by atoms with E-state index in [-0.39, 0.29) is 0 Å². The van der Waals surface area contributed by atoms with Crippen molar-refractivity contribution in [1.82, 2.24) is 5.06 Å². The molecule has 0 radical (unpaired) electrons. The highest BCUT2D eigenvalue weighted by molar-refractivity contribution is 4.51. The lowest BCUT2D eigenvalue weighted by atomic mass is 10.2. The smallest absolute Gasteiger partial charge is 0.0662 e. The minimum atomic E-state index is -0.443. The number of hydrogen-bond donors (Lipinski definition) is 2. The largest absolute Gasteiger partial charge is 0.392 e. The molecule has 0 aromatic rings. The quantitative estimate of drug-likeness (QED) is 0.456. The van der Waals surface area contributed by atoms with Gasteiger partial charge < -0.3 is 10.3 Å². The van der Waals surface area contributed by atoms with Gasteiger partial charge in [-0.05, 0) is 13.3 Å². The Morgan fingerprint density at radius 1 is 1.25 bits per heavy atom. The number of unbranched alkanes of at least 4 members (excludes halogenated alkanes) is 3. The van der Waals surface area contributed by atoms with Crippen LogP contribution in [0.25, 0.3) is 0 Å². The van der Waals surface area contributed by atoms with Gasteiger partial charge in [-0.2, -0.15) is 5.06 Å². The first-order valence-corrected chi connectivity index (χ1v) is 4.78. The van der Waals surface area contributed by atoms with E-state index in [0.29, 0.717) is 13.1 Å². The molecule has 0 heterocycles. The molecule has 12 heavy (non-hydrogen) atoms. The van der Waals surface area contributed by atoms with Gasteiger partial charge in [0, 0.05) is 13.1 Å². The number of nitrogens with zero attached hydrogens (tertiary/aromatic N) is 1. The fourth-order valence-corrected chi connectivity index (χ4v) is 1.12. The molecule has 0 aromatic carbocycles. The highest BCUT2D eigenvalue weighted by Crippen LogP contribution is 2.00. The van der Waals surface area contributed by atoms with Crippen LogP contribution in [0.3, 0.4) is 0 Å². The Balaban J connectivity index is 3.14. The van der Waals surface area contributed by atoms with E-state index in [0.717, 1.165) is 12.8 Å². The monoisotopic (exact) mass is 175 g/mol. The fraction of sp³-hybridized carbons (Fsp3) is 1.00. The predicted octanol–water partition coefficient (Wildman–Crippen LogP) is 1.64. The fourth-order valence-electron chi connectivity index (χ4n) is 1.12. The summed E-state index contributed by atoms with van der Waals surface area (Å²) >= 11 is 0. The minimum Gasteiger partial charge on any atom is -0.392 e. The summed E-state index contributed by atoms with van der Waals surface area (Å²) < 4.78 is 0. The molecular weight excluding hydrogens is 154 g/mol. The van der Waals surface area contributed by atoms with Gasteiger partial charge in [0.2, 0.25) is 0 Å². The molecule has 1 unspecified atom stereocenters. The molecule has 0 aromatic heterocycles. The van der Waals surface area contributed by atoms with Crippen LogP contribution < -0.4 is 0 Å². The summed E-state index contributed by atoms with van der Waals surface area (Å²) in [6.45, 7) is 4.86. The molecule has 0 fully saturated rings. The van der Waals surface area contributed by atoms with Crippen molar-refractivity contribution in [3.63, 3.8) is 0 Å². The van der Waals surface area contributed by atoms with Crippen LogP contribution in [-0.4, -0.2) is 34.6 Å². The number of rotatable bonds is 7. The Bertz CT molecular complexity index is 96.5. The van der Waals surface area contributed by atoms with Gasteiger partial charge in [0.15, 0.2) is 0 Å². The molecule has 2 N–H and O–H groups in total. The Kier molecular flexibility index (Phi) is 7.45. The van der Waals surface area contributed by atoms with E-state index < -0.39 is 6.10 Å².